The van der Waals surface area contributed by atoms with Crippen molar-refractivity contribution in [3.63, 3.8) is 0 Å². The summed E-state index contributed by atoms with van der Waals surface area (Å²) < 4.78 is 6.01. The lowest BCUT2D eigenvalue weighted by Crippen LogP contribution is -2.32. The highest BCUT2D eigenvalue weighted by molar-refractivity contribution is 9.10. The molecule has 0 saturated carbocycles. The number of benzene rings is 1. The molecule has 1 amide bonds. The van der Waals surface area contributed by atoms with Crippen molar-refractivity contribution >= 4 is 27.5 Å². The van der Waals surface area contributed by atoms with Gasteiger partial charge in [0.1, 0.15) is 5.75 Å². The summed E-state index contributed by atoms with van der Waals surface area (Å²) in [6.07, 6.45) is 0. The average Bonchev–Trinajstić information content (AvgIpc) is 2.29. The number of carbonyl (C=O) groups excluding carboxylic acids is 1. The summed E-state index contributed by atoms with van der Waals surface area (Å²) >= 11 is 3.36. The fourth-order valence-electron chi connectivity index (χ4n) is 1.24. The first-order valence-electron chi connectivity index (χ1n) is 5.39. The zero-order valence-electron chi connectivity index (χ0n) is 10.2. The molecule has 17 heavy (non-hydrogen) atoms. The lowest BCUT2D eigenvalue weighted by atomic mass is 10.3. The number of anilines is 1. The zero-order valence-corrected chi connectivity index (χ0v) is 11.8. The van der Waals surface area contributed by atoms with Crippen molar-refractivity contribution in [1.82, 2.24) is 5.32 Å². The highest BCUT2D eigenvalue weighted by Crippen LogP contribution is 2.27. The third-order valence-corrected chi connectivity index (χ3v) is 2.76. The molecule has 0 aromatic heterocycles. The van der Waals surface area contributed by atoms with E-state index in [4.69, 9.17) is 4.74 Å². The number of methoxy groups -OCH3 is 1. The van der Waals surface area contributed by atoms with Crippen molar-refractivity contribution in [3.05, 3.63) is 22.7 Å². The molecule has 0 fully saturated rings. The summed E-state index contributed by atoms with van der Waals surface area (Å²) in [5, 5.41) is 5.85. The van der Waals surface area contributed by atoms with Gasteiger partial charge in [0, 0.05) is 17.8 Å². The van der Waals surface area contributed by atoms with Crippen LogP contribution < -0.4 is 15.4 Å². The summed E-state index contributed by atoms with van der Waals surface area (Å²) in [4.78, 5) is 11.6. The molecule has 0 aliphatic heterocycles. The van der Waals surface area contributed by atoms with Gasteiger partial charge in [-0.25, -0.2) is 0 Å². The Hall–Kier alpha value is -1.07. The standard InChI is InChI=1S/C12H17BrN2O2/c1-8(2)14-7-12(16)15-9-4-5-10(13)11(6-9)17-3/h4-6,8,14H,7H2,1-3H3,(H,15,16). The summed E-state index contributed by atoms with van der Waals surface area (Å²) in [5.41, 5.74) is 0.723. The second-order valence-corrected chi connectivity index (χ2v) is 4.79. The maximum Gasteiger partial charge on any atom is 0.238 e. The Bertz CT molecular complexity index is 394. The van der Waals surface area contributed by atoms with Crippen molar-refractivity contribution in [1.29, 1.82) is 0 Å². The van der Waals surface area contributed by atoms with E-state index in [1.54, 1.807) is 13.2 Å². The molecule has 0 saturated heterocycles. The minimum absolute atomic E-state index is 0.0666. The smallest absolute Gasteiger partial charge is 0.238 e. The molecule has 0 heterocycles. The molecule has 0 spiro atoms. The molecular weight excluding hydrogens is 284 g/mol. The molecule has 2 N–H and O–H groups in total. The molecule has 4 nitrogen and oxygen atoms in total. The Labute approximate surface area is 110 Å². The van der Waals surface area contributed by atoms with Gasteiger partial charge in [-0.2, -0.15) is 0 Å². The van der Waals surface area contributed by atoms with Gasteiger partial charge in [0.15, 0.2) is 0 Å². The first kappa shape index (κ1) is 14.0. The van der Waals surface area contributed by atoms with Crippen LogP contribution in [0.25, 0.3) is 0 Å². The lowest BCUT2D eigenvalue weighted by Gasteiger charge is -2.10. The first-order chi connectivity index (χ1) is 8.02. The third kappa shape index (κ3) is 4.75. The first-order valence-corrected chi connectivity index (χ1v) is 6.19. The fourth-order valence-corrected chi connectivity index (χ4v) is 1.65. The van der Waals surface area contributed by atoms with E-state index in [0.717, 1.165) is 10.2 Å². The highest BCUT2D eigenvalue weighted by Gasteiger charge is 2.05. The van der Waals surface area contributed by atoms with E-state index in [-0.39, 0.29) is 5.91 Å². The molecule has 0 aliphatic carbocycles. The second kappa shape index (κ2) is 6.61. The quantitative estimate of drug-likeness (QED) is 0.878. The molecule has 1 rings (SSSR count). The van der Waals surface area contributed by atoms with Crippen LogP contribution in [0.2, 0.25) is 0 Å². The Morgan fingerprint density at radius 2 is 2.18 bits per heavy atom. The van der Waals surface area contributed by atoms with Gasteiger partial charge >= 0.3 is 0 Å². The van der Waals surface area contributed by atoms with Crippen LogP contribution in [0.1, 0.15) is 13.8 Å². The Morgan fingerprint density at radius 1 is 1.47 bits per heavy atom. The van der Waals surface area contributed by atoms with Gasteiger partial charge in [0.2, 0.25) is 5.91 Å². The van der Waals surface area contributed by atoms with E-state index < -0.39 is 0 Å². The molecule has 0 aliphatic rings. The van der Waals surface area contributed by atoms with Crippen molar-refractivity contribution in [2.24, 2.45) is 0 Å². The number of hydrogen-bond acceptors (Lipinski definition) is 3. The van der Waals surface area contributed by atoms with Crippen LogP contribution in [-0.2, 0) is 4.79 Å². The number of amides is 1. The molecule has 1 aromatic rings. The van der Waals surface area contributed by atoms with Gasteiger partial charge in [-0.05, 0) is 28.1 Å². The summed E-state index contributed by atoms with van der Waals surface area (Å²) in [5.74, 6) is 0.627. The molecule has 0 unspecified atom stereocenters. The van der Waals surface area contributed by atoms with Crippen LogP contribution in [0.15, 0.2) is 22.7 Å². The number of carbonyl (C=O) groups is 1. The van der Waals surface area contributed by atoms with E-state index in [9.17, 15) is 4.79 Å². The van der Waals surface area contributed by atoms with E-state index in [2.05, 4.69) is 26.6 Å². The monoisotopic (exact) mass is 300 g/mol. The second-order valence-electron chi connectivity index (χ2n) is 3.93. The molecule has 0 bridgehead atoms. The number of nitrogens with one attached hydrogen (secondary N) is 2. The molecular formula is C12H17BrN2O2. The largest absolute Gasteiger partial charge is 0.495 e. The maximum absolute atomic E-state index is 11.6. The Balaban J connectivity index is 2.59. The third-order valence-electron chi connectivity index (χ3n) is 2.11. The van der Waals surface area contributed by atoms with Gasteiger partial charge in [0.25, 0.3) is 0 Å². The topological polar surface area (TPSA) is 50.4 Å². The maximum atomic E-state index is 11.6. The molecule has 94 valence electrons. The predicted molar refractivity (Wildman–Crippen MR) is 72.5 cm³/mol. The SMILES string of the molecule is COc1cc(NC(=O)CNC(C)C)ccc1Br. The van der Waals surface area contributed by atoms with Crippen LogP contribution in [0.4, 0.5) is 5.69 Å². The van der Waals surface area contributed by atoms with Crippen molar-refractivity contribution in [3.8, 4) is 5.75 Å². The van der Waals surface area contributed by atoms with Crippen molar-refractivity contribution < 1.29 is 9.53 Å². The average molecular weight is 301 g/mol. The number of hydrogen-bond donors (Lipinski definition) is 2. The highest BCUT2D eigenvalue weighted by atomic mass is 79.9. The van der Waals surface area contributed by atoms with Crippen LogP contribution in [-0.4, -0.2) is 25.6 Å². The lowest BCUT2D eigenvalue weighted by molar-refractivity contribution is -0.115. The summed E-state index contributed by atoms with van der Waals surface area (Å²) in [6, 6.07) is 5.72. The van der Waals surface area contributed by atoms with Crippen molar-refractivity contribution in [2.75, 3.05) is 19.0 Å². The molecule has 0 radical (unpaired) electrons. The van der Waals surface area contributed by atoms with E-state index in [0.29, 0.717) is 18.3 Å². The predicted octanol–water partition coefficient (Wildman–Crippen LogP) is 2.39. The minimum atomic E-state index is -0.0666. The fraction of sp³-hybridized carbons (Fsp3) is 0.417. The van der Waals surface area contributed by atoms with Gasteiger partial charge in [-0.15, -0.1) is 0 Å². The van der Waals surface area contributed by atoms with Gasteiger partial charge in [-0.3, -0.25) is 4.79 Å². The van der Waals surface area contributed by atoms with E-state index >= 15 is 0 Å². The number of rotatable bonds is 5. The Morgan fingerprint density at radius 3 is 2.76 bits per heavy atom. The van der Waals surface area contributed by atoms with Gasteiger partial charge in [-0.1, -0.05) is 13.8 Å². The van der Waals surface area contributed by atoms with E-state index in [1.165, 1.54) is 0 Å². The van der Waals surface area contributed by atoms with Gasteiger partial charge in [0.05, 0.1) is 18.1 Å². The molecule has 0 atom stereocenters. The Kier molecular flexibility index (Phi) is 5.44. The molecule has 1 aromatic carbocycles. The van der Waals surface area contributed by atoms with Crippen LogP contribution >= 0.6 is 15.9 Å². The zero-order chi connectivity index (χ0) is 12.8. The number of ether oxygens (including phenoxy) is 1. The van der Waals surface area contributed by atoms with Gasteiger partial charge < -0.3 is 15.4 Å². The minimum Gasteiger partial charge on any atom is -0.495 e. The van der Waals surface area contributed by atoms with Crippen LogP contribution in [0.5, 0.6) is 5.75 Å². The summed E-state index contributed by atoms with van der Waals surface area (Å²) in [7, 11) is 1.59. The van der Waals surface area contributed by atoms with E-state index in [1.807, 2.05) is 26.0 Å². The van der Waals surface area contributed by atoms with Crippen LogP contribution in [0.3, 0.4) is 0 Å². The molecule has 5 heteroatoms. The van der Waals surface area contributed by atoms with Crippen molar-refractivity contribution in [2.45, 2.75) is 19.9 Å². The van der Waals surface area contributed by atoms with Crippen LogP contribution in [0, 0.1) is 0 Å². The normalized spacial score (nSPS) is 10.4. The summed E-state index contributed by atoms with van der Waals surface area (Å²) in [6.45, 7) is 4.29. The number of halogens is 1.